The van der Waals surface area contributed by atoms with Gasteiger partial charge in [-0.05, 0) is 68.8 Å². The van der Waals surface area contributed by atoms with Gasteiger partial charge >= 0.3 is 0 Å². The highest BCUT2D eigenvalue weighted by Crippen LogP contribution is 2.24. The molecular formula is C49H66N10O10S2. The maximum atomic E-state index is 14.8. The van der Waals surface area contributed by atoms with E-state index in [0.29, 0.717) is 28.5 Å². The zero-order valence-electron chi connectivity index (χ0n) is 47.0. The number of fused-ring (bicyclic) bond motifs is 1. The molecular weight excluding hydrogens is 953 g/mol. The van der Waals surface area contributed by atoms with E-state index in [1.165, 1.54) is 13.8 Å². The van der Waals surface area contributed by atoms with Crippen molar-refractivity contribution >= 4 is 73.8 Å². The fourth-order valence-electron chi connectivity index (χ4n) is 7.23. The summed E-state index contributed by atoms with van der Waals surface area (Å²) in [6.07, 6.45) is -4.70. The second-order valence-electron chi connectivity index (χ2n) is 16.7. The van der Waals surface area contributed by atoms with Crippen molar-refractivity contribution in [1.82, 2.24) is 42.2 Å². The molecule has 0 saturated carbocycles. The summed E-state index contributed by atoms with van der Waals surface area (Å²) in [6, 6.07) is -4.26. The maximum absolute atomic E-state index is 14.8. The van der Waals surface area contributed by atoms with Gasteiger partial charge in [-0.25, -0.2) is 0 Å². The SMILES string of the molecule is [2H]c1c([2H])c([2H])c(C([2H])([2H])C([2H])(N)C(=O)N[C@@H]2CSSC[C@@H](C(=O)NC(CO)C(C)O)NC(=O)[C@H]([C@@H](C)O)NC(=O)[C@H](CCCCN)NC(=O)[C@H](Cc3c[nH]c4ccccc34)NC(=O)[C@H](Cc3ccccc3)NC2=O)c([2H])c1[2H]. The highest BCUT2D eigenvalue weighted by molar-refractivity contribution is 8.76. The first kappa shape index (κ1) is 44.9. The third-order valence-electron chi connectivity index (χ3n) is 11.2. The monoisotopic (exact) mass is 1030 g/mol. The molecule has 7 amide bonds. The van der Waals surface area contributed by atoms with Gasteiger partial charge < -0.3 is 69.0 Å². The normalized spacial score (nSPS) is 25.1. The van der Waals surface area contributed by atoms with E-state index in [0.717, 1.165) is 21.6 Å². The number of benzene rings is 3. The molecule has 1 aliphatic heterocycles. The minimum Gasteiger partial charge on any atom is -0.394 e. The van der Waals surface area contributed by atoms with E-state index < -0.39 is 162 Å². The van der Waals surface area contributed by atoms with Gasteiger partial charge in [-0.1, -0.05) is 100 Å². The van der Waals surface area contributed by atoms with E-state index in [4.69, 9.17) is 22.4 Å². The van der Waals surface area contributed by atoms with Crippen LogP contribution in [0.1, 0.15) is 60.8 Å². The van der Waals surface area contributed by atoms with E-state index in [-0.39, 0.29) is 32.2 Å². The molecule has 0 aliphatic carbocycles. The quantitative estimate of drug-likeness (QED) is 0.0455. The first-order valence-corrected chi connectivity index (χ1v) is 25.2. The van der Waals surface area contributed by atoms with Gasteiger partial charge in [0.2, 0.25) is 41.4 Å². The third kappa shape index (κ3) is 17.1. The number of aliphatic hydroxyl groups is 3. The lowest BCUT2D eigenvalue weighted by atomic mass is 10.0. The smallest absolute Gasteiger partial charge is 0.245 e. The van der Waals surface area contributed by atoms with Crippen LogP contribution >= 0.6 is 21.6 Å². The molecule has 1 aromatic heterocycles. The van der Waals surface area contributed by atoms with Gasteiger partial charge in [0.25, 0.3) is 0 Å². The molecule has 384 valence electrons. The van der Waals surface area contributed by atoms with E-state index in [9.17, 15) is 48.9 Å². The molecule has 5 rings (SSSR count). The molecule has 0 spiro atoms. The molecule has 1 aliphatic rings. The Morgan fingerprint density at radius 3 is 2.11 bits per heavy atom. The van der Waals surface area contributed by atoms with Gasteiger partial charge in [0, 0.05) is 44.2 Å². The Morgan fingerprint density at radius 2 is 1.44 bits per heavy atom. The number of aromatic nitrogens is 1. The largest absolute Gasteiger partial charge is 0.394 e. The van der Waals surface area contributed by atoms with Gasteiger partial charge in [-0.3, -0.25) is 33.6 Å². The highest BCUT2D eigenvalue weighted by atomic mass is 33.1. The summed E-state index contributed by atoms with van der Waals surface area (Å²) in [6.45, 7) is 1.92. The summed E-state index contributed by atoms with van der Waals surface area (Å²) in [7, 11) is 1.56. The number of hydrogen-bond acceptors (Lipinski definition) is 14. The van der Waals surface area contributed by atoms with Gasteiger partial charge in [-0.15, -0.1) is 0 Å². The zero-order valence-corrected chi connectivity index (χ0v) is 40.6. The summed E-state index contributed by atoms with van der Waals surface area (Å²) in [4.78, 5) is 104. The molecule has 4 aromatic rings. The topological polar surface area (TPSA) is 332 Å². The molecule has 0 bridgehead atoms. The number of unbranched alkanes of at least 4 members (excludes halogenated alkanes) is 1. The number of aromatic amines is 1. The maximum Gasteiger partial charge on any atom is 0.245 e. The molecule has 20 nitrogen and oxygen atoms in total. The highest BCUT2D eigenvalue weighted by Gasteiger charge is 2.36. The van der Waals surface area contributed by atoms with E-state index >= 15 is 0 Å². The zero-order chi connectivity index (χ0) is 58.5. The number of amides is 7. The van der Waals surface area contributed by atoms with E-state index in [1.54, 1.807) is 60.8 Å². The molecule has 15 N–H and O–H groups in total. The number of nitrogens with two attached hydrogens (primary N) is 2. The number of aliphatic hydroxyl groups excluding tert-OH is 3. The second kappa shape index (κ2) is 28.1. The molecule has 22 heteroatoms. The van der Waals surface area contributed by atoms with Crippen LogP contribution in [0.15, 0.2) is 91.0 Å². The van der Waals surface area contributed by atoms with Gasteiger partial charge in [-0.2, -0.15) is 0 Å². The minimum absolute atomic E-state index is 0.0518. The van der Waals surface area contributed by atoms with Crippen molar-refractivity contribution in [1.29, 1.82) is 0 Å². The summed E-state index contributed by atoms with van der Waals surface area (Å²) in [5.74, 6) is -8.69. The van der Waals surface area contributed by atoms with Crippen LogP contribution in [0.4, 0.5) is 0 Å². The van der Waals surface area contributed by atoms with Crippen LogP contribution in [-0.2, 0) is 52.8 Å². The van der Waals surface area contributed by atoms with Crippen molar-refractivity contribution in [2.75, 3.05) is 24.7 Å². The Balaban J connectivity index is 1.64. The van der Waals surface area contributed by atoms with Gasteiger partial charge in [0.05, 0.1) is 39.1 Å². The number of carbonyl (C=O) groups is 7. The predicted molar refractivity (Wildman–Crippen MR) is 272 cm³/mol. The Hall–Kier alpha value is -6.01. The summed E-state index contributed by atoms with van der Waals surface area (Å²) in [5.41, 5.74) is 12.5. The molecule has 1 saturated heterocycles. The lowest BCUT2D eigenvalue weighted by Crippen LogP contribution is -2.62. The van der Waals surface area contributed by atoms with Gasteiger partial charge in [0.15, 0.2) is 0 Å². The van der Waals surface area contributed by atoms with E-state index in [1.807, 2.05) is 0 Å². The second-order valence-corrected chi connectivity index (χ2v) is 19.2. The van der Waals surface area contributed by atoms with Crippen molar-refractivity contribution in [3.05, 3.63) is 108 Å². The molecule has 3 aromatic carbocycles. The average Bonchev–Trinajstić information content (AvgIpc) is 3.84. The number of nitrogens with one attached hydrogen (secondary N) is 8. The standard InChI is InChI=1S/C49H66N10O10S2/c1-28(61)39(25-60)56-48(68)41-27-71-70-26-40(57-43(63)34(51)21-30-13-5-3-6-14-30)47(67)54-37(22-31-15-7-4-8-16-31)45(65)55-38(23-32-24-52-35-18-10-9-17-33(32)35)46(66)53-36(19-11-12-20-50)44(64)59-42(29(2)62)49(69)58-41/h3-10,13-18,24,28-29,34,36-42,52,60-62H,11-12,19-23,25-27,50-51H2,1-2H3,(H,53,66)(H,54,67)(H,55,65)(H,56,68)(H,57,63)(H,58,69)(H,59,64)/t28?,29-,34?,36+,37+,38+,39?,40-,41+,42+/m1/s1/i3D,5D,6D,13D,14D,21D2,34D. The van der Waals surface area contributed by atoms with Crippen molar-refractivity contribution in [2.24, 2.45) is 11.5 Å². The lowest BCUT2D eigenvalue weighted by Gasteiger charge is -2.29. The summed E-state index contributed by atoms with van der Waals surface area (Å²) < 4.78 is 67.5. The Labute approximate surface area is 431 Å². The van der Waals surface area contributed by atoms with Crippen LogP contribution < -0.4 is 48.7 Å². The van der Waals surface area contributed by atoms with Crippen LogP contribution in [-0.4, -0.2) is 147 Å². The molecule has 0 radical (unpaired) electrons. The molecule has 10 atom stereocenters. The number of hydrogen-bond donors (Lipinski definition) is 13. The van der Waals surface area contributed by atoms with Crippen LogP contribution in [0.2, 0.25) is 0 Å². The Morgan fingerprint density at radius 1 is 0.803 bits per heavy atom. The van der Waals surface area contributed by atoms with Crippen molar-refractivity contribution in [3.63, 3.8) is 0 Å². The Kier molecular flexibility index (Phi) is 17.8. The first-order valence-electron chi connectivity index (χ1n) is 26.7. The van der Waals surface area contributed by atoms with Crippen molar-refractivity contribution < 1.29 is 59.8 Å². The lowest BCUT2D eigenvalue weighted by molar-refractivity contribution is -0.136. The molecule has 3 unspecified atom stereocenters. The fraction of sp³-hybridized carbons (Fsp3) is 0.449. The summed E-state index contributed by atoms with van der Waals surface area (Å²) >= 11 is 0. The van der Waals surface area contributed by atoms with Gasteiger partial charge in [0.1, 0.15) is 36.3 Å². The van der Waals surface area contributed by atoms with Crippen molar-refractivity contribution in [2.45, 2.75) is 113 Å². The summed E-state index contributed by atoms with van der Waals surface area (Å²) in [5, 5.41) is 49.3. The fourth-order valence-corrected chi connectivity index (χ4v) is 9.56. The van der Waals surface area contributed by atoms with Crippen LogP contribution in [0.3, 0.4) is 0 Å². The van der Waals surface area contributed by atoms with Crippen LogP contribution in [0.25, 0.3) is 10.9 Å². The Bertz CT molecular complexity index is 2810. The predicted octanol–water partition coefficient (Wildman–Crippen LogP) is -0.805. The van der Waals surface area contributed by atoms with Crippen LogP contribution in [0, 0.1) is 0 Å². The number of carbonyl (C=O) groups excluding carboxylic acids is 7. The number of H-pyrrole nitrogens is 1. The minimum atomic E-state index is -3.56. The molecule has 1 fully saturated rings. The van der Waals surface area contributed by atoms with Crippen molar-refractivity contribution in [3.8, 4) is 0 Å². The third-order valence-corrected chi connectivity index (χ3v) is 13.6. The molecule has 71 heavy (non-hydrogen) atoms. The number of para-hydroxylation sites is 1. The van der Waals surface area contributed by atoms with E-state index in [2.05, 4.69) is 42.2 Å². The first-order chi connectivity index (χ1) is 37.2. The van der Waals surface area contributed by atoms with Crippen LogP contribution in [0.5, 0.6) is 0 Å². The molecule has 2 heterocycles. The number of rotatable bonds is 17. The average molecular weight is 1030 g/mol.